The number of benzene rings is 2. The van der Waals surface area contributed by atoms with Gasteiger partial charge in [-0.25, -0.2) is 0 Å². The number of carbonyl (C=O) groups excluding carboxylic acids is 1. The van der Waals surface area contributed by atoms with Gasteiger partial charge in [0.05, 0.1) is 36.6 Å². The molecular formula is C19H17Cl2F3N2O2. The molecule has 1 N–H and O–H groups in total. The lowest BCUT2D eigenvalue weighted by Crippen LogP contribution is -2.37. The van der Waals surface area contributed by atoms with E-state index in [0.717, 1.165) is 12.1 Å². The zero-order valence-electron chi connectivity index (χ0n) is 14.7. The molecular weight excluding hydrogens is 416 g/mol. The molecule has 1 fully saturated rings. The summed E-state index contributed by atoms with van der Waals surface area (Å²) < 4.78 is 44.7. The van der Waals surface area contributed by atoms with Crippen LogP contribution in [-0.4, -0.2) is 32.2 Å². The topological polar surface area (TPSA) is 41.6 Å². The van der Waals surface area contributed by atoms with Crippen LogP contribution in [0.2, 0.25) is 10.0 Å². The molecule has 3 rings (SSSR count). The number of amides is 1. The molecule has 0 bridgehead atoms. The minimum atomic E-state index is -4.51. The van der Waals surface area contributed by atoms with E-state index in [1.807, 2.05) is 4.90 Å². The molecule has 0 aromatic heterocycles. The Morgan fingerprint density at radius 2 is 1.82 bits per heavy atom. The number of carbonyl (C=O) groups is 1. The second kappa shape index (κ2) is 8.59. The Hall–Kier alpha value is -1.96. The maximum Gasteiger partial charge on any atom is 0.416 e. The molecule has 9 heteroatoms. The lowest BCUT2D eigenvalue weighted by Gasteiger charge is -2.31. The molecule has 0 unspecified atom stereocenters. The average Bonchev–Trinajstić information content (AvgIpc) is 2.64. The van der Waals surface area contributed by atoms with Crippen molar-refractivity contribution in [3.8, 4) is 0 Å². The number of rotatable bonds is 4. The van der Waals surface area contributed by atoms with Gasteiger partial charge in [-0.05, 0) is 35.9 Å². The summed E-state index contributed by atoms with van der Waals surface area (Å²) in [6, 6.07) is 8.05. The van der Waals surface area contributed by atoms with Crippen LogP contribution in [0.1, 0.15) is 11.1 Å². The monoisotopic (exact) mass is 432 g/mol. The van der Waals surface area contributed by atoms with Gasteiger partial charge in [0, 0.05) is 23.1 Å². The molecule has 1 amide bonds. The minimum absolute atomic E-state index is 0.0885. The predicted octanol–water partition coefficient (Wildman–Crippen LogP) is 5.03. The molecule has 1 heterocycles. The van der Waals surface area contributed by atoms with Gasteiger partial charge in [-0.1, -0.05) is 29.3 Å². The van der Waals surface area contributed by atoms with Crippen LogP contribution in [0.5, 0.6) is 0 Å². The van der Waals surface area contributed by atoms with Gasteiger partial charge in [-0.15, -0.1) is 0 Å². The molecule has 0 atom stereocenters. The van der Waals surface area contributed by atoms with Crippen molar-refractivity contribution in [2.75, 3.05) is 36.5 Å². The third-order valence-electron chi connectivity index (χ3n) is 4.32. The quantitative estimate of drug-likeness (QED) is 0.736. The largest absolute Gasteiger partial charge is 0.416 e. The van der Waals surface area contributed by atoms with Crippen LogP contribution in [0.25, 0.3) is 0 Å². The Morgan fingerprint density at radius 3 is 2.46 bits per heavy atom. The predicted molar refractivity (Wildman–Crippen MR) is 103 cm³/mol. The zero-order chi connectivity index (χ0) is 20.3. The van der Waals surface area contributed by atoms with Crippen molar-refractivity contribution in [1.82, 2.24) is 0 Å². The Balaban J connectivity index is 1.85. The van der Waals surface area contributed by atoms with Crippen LogP contribution in [0.3, 0.4) is 0 Å². The molecule has 150 valence electrons. The Bertz CT molecular complexity index is 869. The second-order valence-corrected chi connectivity index (χ2v) is 7.13. The van der Waals surface area contributed by atoms with Crippen molar-refractivity contribution in [2.45, 2.75) is 12.6 Å². The number of hydrogen-bond acceptors (Lipinski definition) is 3. The number of alkyl halides is 3. The first-order chi connectivity index (χ1) is 13.2. The Kier molecular flexibility index (Phi) is 6.37. The van der Waals surface area contributed by atoms with Gasteiger partial charge >= 0.3 is 6.18 Å². The lowest BCUT2D eigenvalue weighted by atomic mass is 10.1. The van der Waals surface area contributed by atoms with Crippen LogP contribution in [0, 0.1) is 0 Å². The third-order valence-corrected chi connectivity index (χ3v) is 4.90. The Morgan fingerprint density at radius 1 is 1.11 bits per heavy atom. The first kappa shape index (κ1) is 20.8. The summed E-state index contributed by atoms with van der Waals surface area (Å²) >= 11 is 11.9. The minimum Gasteiger partial charge on any atom is -0.378 e. The lowest BCUT2D eigenvalue weighted by molar-refractivity contribution is -0.137. The van der Waals surface area contributed by atoms with Gasteiger partial charge in [0.2, 0.25) is 5.91 Å². The van der Waals surface area contributed by atoms with Crippen LogP contribution < -0.4 is 10.2 Å². The third kappa shape index (κ3) is 5.10. The van der Waals surface area contributed by atoms with Gasteiger partial charge in [0.15, 0.2) is 0 Å². The van der Waals surface area contributed by atoms with E-state index >= 15 is 0 Å². The van der Waals surface area contributed by atoms with Gasteiger partial charge < -0.3 is 15.0 Å². The van der Waals surface area contributed by atoms with Crippen molar-refractivity contribution in [1.29, 1.82) is 0 Å². The number of hydrogen-bond donors (Lipinski definition) is 1. The molecule has 28 heavy (non-hydrogen) atoms. The first-order valence-electron chi connectivity index (χ1n) is 8.52. The SMILES string of the molecule is O=C(Cc1ccc(Cl)cc1Cl)Nc1cc(C(F)(F)F)ccc1N1CCOCC1. The summed E-state index contributed by atoms with van der Waals surface area (Å²) in [5, 5.41) is 3.35. The Labute approximate surface area is 170 Å². The molecule has 2 aromatic carbocycles. The fraction of sp³-hybridized carbons (Fsp3) is 0.316. The van der Waals surface area contributed by atoms with E-state index in [0.29, 0.717) is 47.6 Å². The highest BCUT2D eigenvalue weighted by atomic mass is 35.5. The molecule has 1 saturated heterocycles. The fourth-order valence-electron chi connectivity index (χ4n) is 2.92. The van der Waals surface area contributed by atoms with Crippen molar-refractivity contribution in [2.24, 2.45) is 0 Å². The van der Waals surface area contributed by atoms with Gasteiger partial charge in [-0.3, -0.25) is 4.79 Å². The van der Waals surface area contributed by atoms with Gasteiger partial charge in [-0.2, -0.15) is 13.2 Å². The number of ether oxygens (including phenoxy) is 1. The molecule has 0 radical (unpaired) electrons. The highest BCUT2D eigenvalue weighted by Crippen LogP contribution is 2.36. The second-order valence-electron chi connectivity index (χ2n) is 6.29. The van der Waals surface area contributed by atoms with Crippen molar-refractivity contribution < 1.29 is 22.7 Å². The average molecular weight is 433 g/mol. The molecule has 2 aromatic rings. The summed E-state index contributed by atoms with van der Waals surface area (Å²) in [6.07, 6.45) is -4.60. The maximum absolute atomic E-state index is 13.1. The fourth-order valence-corrected chi connectivity index (χ4v) is 3.40. The van der Waals surface area contributed by atoms with E-state index in [2.05, 4.69) is 5.32 Å². The number of anilines is 2. The summed E-state index contributed by atoms with van der Waals surface area (Å²) in [6.45, 7) is 1.98. The maximum atomic E-state index is 13.1. The van der Waals surface area contributed by atoms with Gasteiger partial charge in [0.25, 0.3) is 0 Å². The smallest absolute Gasteiger partial charge is 0.378 e. The standard InChI is InChI=1S/C19H17Cl2F3N2O2/c20-14-3-1-12(15(21)11-14)9-18(27)25-16-10-13(19(22,23)24)2-4-17(16)26-5-7-28-8-6-26/h1-4,10-11H,5-9H2,(H,25,27). The van der Waals surface area contributed by atoms with Gasteiger partial charge in [0.1, 0.15) is 0 Å². The summed E-state index contributed by atoms with van der Waals surface area (Å²) in [5.74, 6) is -0.474. The summed E-state index contributed by atoms with van der Waals surface area (Å²) in [4.78, 5) is 14.4. The molecule has 1 aliphatic heterocycles. The first-order valence-corrected chi connectivity index (χ1v) is 9.27. The zero-order valence-corrected chi connectivity index (χ0v) is 16.2. The van der Waals surface area contributed by atoms with Crippen LogP contribution in [-0.2, 0) is 22.1 Å². The molecule has 0 spiro atoms. The molecule has 4 nitrogen and oxygen atoms in total. The van der Waals surface area contributed by atoms with E-state index in [1.54, 1.807) is 12.1 Å². The number of halogens is 5. The van der Waals surface area contributed by atoms with Crippen LogP contribution in [0.4, 0.5) is 24.5 Å². The number of nitrogens with one attached hydrogen (secondary N) is 1. The highest BCUT2D eigenvalue weighted by molar-refractivity contribution is 6.35. The summed E-state index contributed by atoms with van der Waals surface area (Å²) in [7, 11) is 0. The van der Waals surface area contributed by atoms with E-state index < -0.39 is 17.6 Å². The number of nitrogens with zero attached hydrogens (tertiary/aromatic N) is 1. The normalized spacial score (nSPS) is 14.8. The highest BCUT2D eigenvalue weighted by Gasteiger charge is 2.32. The van der Waals surface area contributed by atoms with E-state index in [-0.39, 0.29) is 12.1 Å². The number of morpholine rings is 1. The van der Waals surface area contributed by atoms with Crippen LogP contribution >= 0.6 is 23.2 Å². The molecule has 0 saturated carbocycles. The van der Waals surface area contributed by atoms with Crippen LogP contribution in [0.15, 0.2) is 36.4 Å². The summed E-state index contributed by atoms with van der Waals surface area (Å²) in [5.41, 5.74) is 0.325. The van der Waals surface area contributed by atoms with Crippen molar-refractivity contribution in [3.05, 3.63) is 57.6 Å². The van der Waals surface area contributed by atoms with E-state index in [4.69, 9.17) is 27.9 Å². The van der Waals surface area contributed by atoms with E-state index in [9.17, 15) is 18.0 Å². The van der Waals surface area contributed by atoms with E-state index in [1.165, 1.54) is 12.1 Å². The molecule has 0 aliphatic carbocycles. The van der Waals surface area contributed by atoms with Crippen molar-refractivity contribution in [3.63, 3.8) is 0 Å². The van der Waals surface area contributed by atoms with Crippen molar-refractivity contribution >= 4 is 40.5 Å². The molecule has 1 aliphatic rings.